The molecule has 1 rings (SSSR count). The number of aliphatic hydroxyl groups is 1. The van der Waals surface area contributed by atoms with Crippen LogP contribution in [0.25, 0.3) is 0 Å². The number of nitrogens with one attached hydrogen (secondary N) is 1. The minimum atomic E-state index is -4.49. The molecule has 2 N–H and O–H groups in total. The molecule has 20 heavy (non-hydrogen) atoms. The SMILES string of the molecule is CC(C)(CO)NS(=O)(=O)c1cc([N+](=O)[O-])c(F)cc1F. The molecule has 0 radical (unpaired) electrons. The van der Waals surface area contributed by atoms with Gasteiger partial charge in [-0.1, -0.05) is 0 Å². The van der Waals surface area contributed by atoms with E-state index in [0.29, 0.717) is 6.07 Å². The van der Waals surface area contributed by atoms with Crippen LogP contribution in [0.3, 0.4) is 0 Å². The minimum Gasteiger partial charge on any atom is -0.394 e. The van der Waals surface area contributed by atoms with E-state index in [4.69, 9.17) is 5.11 Å². The van der Waals surface area contributed by atoms with Crippen molar-refractivity contribution in [1.29, 1.82) is 0 Å². The summed E-state index contributed by atoms with van der Waals surface area (Å²) in [4.78, 5) is 8.32. The second-order valence-electron chi connectivity index (χ2n) is 4.64. The Balaban J connectivity index is 3.39. The maximum absolute atomic E-state index is 13.5. The summed E-state index contributed by atoms with van der Waals surface area (Å²) >= 11 is 0. The molecule has 0 atom stereocenters. The van der Waals surface area contributed by atoms with E-state index >= 15 is 0 Å². The molecule has 0 unspecified atom stereocenters. The highest BCUT2D eigenvalue weighted by Crippen LogP contribution is 2.25. The average molecular weight is 310 g/mol. The second-order valence-corrected chi connectivity index (χ2v) is 6.29. The predicted octanol–water partition coefficient (Wildman–Crippen LogP) is 0.922. The van der Waals surface area contributed by atoms with Crippen LogP contribution in [-0.4, -0.2) is 30.6 Å². The Kier molecular flexibility index (Phi) is 4.42. The first-order valence-corrected chi connectivity index (χ1v) is 6.77. The van der Waals surface area contributed by atoms with E-state index in [1.807, 2.05) is 4.72 Å². The van der Waals surface area contributed by atoms with E-state index in [0.717, 1.165) is 0 Å². The van der Waals surface area contributed by atoms with Gasteiger partial charge in [-0.2, -0.15) is 4.39 Å². The van der Waals surface area contributed by atoms with Crippen LogP contribution in [-0.2, 0) is 10.0 Å². The molecule has 0 aromatic heterocycles. The molecule has 1 aromatic rings. The average Bonchev–Trinajstić information content (AvgIpc) is 2.26. The number of aliphatic hydroxyl groups excluding tert-OH is 1. The molecular weight excluding hydrogens is 298 g/mol. The quantitative estimate of drug-likeness (QED) is 0.621. The van der Waals surface area contributed by atoms with Gasteiger partial charge in [-0.15, -0.1) is 0 Å². The summed E-state index contributed by atoms with van der Waals surface area (Å²) < 4.78 is 52.4. The van der Waals surface area contributed by atoms with Crippen LogP contribution in [0.1, 0.15) is 13.8 Å². The zero-order valence-electron chi connectivity index (χ0n) is 10.6. The second kappa shape index (κ2) is 5.38. The van der Waals surface area contributed by atoms with E-state index < -0.39 is 49.3 Å². The fraction of sp³-hybridized carbons (Fsp3) is 0.400. The van der Waals surface area contributed by atoms with Gasteiger partial charge in [0, 0.05) is 12.1 Å². The highest BCUT2D eigenvalue weighted by atomic mass is 32.2. The Bertz CT molecular complexity index is 645. The van der Waals surface area contributed by atoms with Gasteiger partial charge in [-0.25, -0.2) is 17.5 Å². The smallest absolute Gasteiger partial charge is 0.306 e. The van der Waals surface area contributed by atoms with Crippen molar-refractivity contribution in [2.24, 2.45) is 0 Å². The predicted molar refractivity (Wildman–Crippen MR) is 64.5 cm³/mol. The third-order valence-corrected chi connectivity index (χ3v) is 4.01. The zero-order chi connectivity index (χ0) is 15.7. The Hall–Kier alpha value is -1.65. The normalized spacial score (nSPS) is 12.4. The maximum atomic E-state index is 13.5. The fourth-order valence-electron chi connectivity index (χ4n) is 1.32. The van der Waals surface area contributed by atoms with Crippen LogP contribution < -0.4 is 4.72 Å². The number of benzene rings is 1. The number of nitro groups is 1. The number of halogens is 2. The lowest BCUT2D eigenvalue weighted by Crippen LogP contribution is -2.46. The van der Waals surface area contributed by atoms with Gasteiger partial charge in [-0.05, 0) is 13.8 Å². The van der Waals surface area contributed by atoms with Crippen molar-refractivity contribution < 1.29 is 27.2 Å². The topological polar surface area (TPSA) is 110 Å². The lowest BCUT2D eigenvalue weighted by atomic mass is 10.1. The Morgan fingerprint density at radius 2 is 1.90 bits per heavy atom. The summed E-state index contributed by atoms with van der Waals surface area (Å²) in [5, 5.41) is 19.5. The van der Waals surface area contributed by atoms with Crippen LogP contribution >= 0.6 is 0 Å². The van der Waals surface area contributed by atoms with Crippen LogP contribution in [0.5, 0.6) is 0 Å². The molecular formula is C10H12F2N2O5S. The summed E-state index contributed by atoms with van der Waals surface area (Å²) in [5.74, 6) is -2.94. The van der Waals surface area contributed by atoms with Crippen molar-refractivity contribution >= 4 is 15.7 Å². The number of nitro benzene ring substituents is 1. The molecule has 0 heterocycles. The maximum Gasteiger partial charge on any atom is 0.306 e. The van der Waals surface area contributed by atoms with Gasteiger partial charge in [0.05, 0.1) is 17.1 Å². The molecule has 10 heteroatoms. The standard InChI is InChI=1S/C10H12F2N2O5S/c1-10(2,5-15)13-20(18,19)9-4-8(14(16)17)6(11)3-7(9)12/h3-4,13,15H,5H2,1-2H3. The summed E-state index contributed by atoms with van der Waals surface area (Å²) in [6, 6.07) is 0.416. The monoisotopic (exact) mass is 310 g/mol. The molecule has 0 saturated carbocycles. The van der Waals surface area contributed by atoms with E-state index in [2.05, 4.69) is 0 Å². The van der Waals surface area contributed by atoms with E-state index in [-0.39, 0.29) is 6.07 Å². The highest BCUT2D eigenvalue weighted by molar-refractivity contribution is 7.89. The first kappa shape index (κ1) is 16.4. The van der Waals surface area contributed by atoms with Gasteiger partial charge in [0.2, 0.25) is 15.8 Å². The summed E-state index contributed by atoms with van der Waals surface area (Å²) in [5.41, 5.74) is -2.47. The van der Waals surface area contributed by atoms with Gasteiger partial charge >= 0.3 is 5.69 Å². The summed E-state index contributed by atoms with van der Waals surface area (Å²) in [7, 11) is -4.49. The van der Waals surface area contributed by atoms with Crippen LogP contribution in [0.4, 0.5) is 14.5 Å². The third-order valence-electron chi connectivity index (χ3n) is 2.29. The van der Waals surface area contributed by atoms with Gasteiger partial charge in [0.1, 0.15) is 10.7 Å². The fourth-order valence-corrected chi connectivity index (χ4v) is 2.80. The van der Waals surface area contributed by atoms with Crippen LogP contribution in [0.15, 0.2) is 17.0 Å². The molecule has 0 spiro atoms. The number of nitrogens with zero attached hydrogens (tertiary/aromatic N) is 1. The van der Waals surface area contributed by atoms with Gasteiger partial charge < -0.3 is 5.11 Å². The lowest BCUT2D eigenvalue weighted by molar-refractivity contribution is -0.387. The van der Waals surface area contributed by atoms with Gasteiger partial charge in [0.25, 0.3) is 0 Å². The first-order valence-electron chi connectivity index (χ1n) is 5.28. The molecule has 0 bridgehead atoms. The molecule has 1 aromatic carbocycles. The van der Waals surface area contributed by atoms with Gasteiger partial charge in [0.15, 0.2) is 0 Å². The Morgan fingerprint density at radius 1 is 1.35 bits per heavy atom. The van der Waals surface area contributed by atoms with Crippen molar-refractivity contribution in [1.82, 2.24) is 4.72 Å². The molecule has 0 aliphatic rings. The van der Waals surface area contributed by atoms with Gasteiger partial charge in [-0.3, -0.25) is 10.1 Å². The molecule has 112 valence electrons. The van der Waals surface area contributed by atoms with Crippen molar-refractivity contribution in [3.8, 4) is 0 Å². The van der Waals surface area contributed by atoms with Crippen molar-refractivity contribution in [3.63, 3.8) is 0 Å². The summed E-state index contributed by atoms with van der Waals surface area (Å²) in [6.45, 7) is 2.05. The number of hydrogen-bond donors (Lipinski definition) is 2. The number of hydrogen-bond acceptors (Lipinski definition) is 5. The third kappa shape index (κ3) is 3.46. The van der Waals surface area contributed by atoms with Crippen molar-refractivity contribution in [3.05, 3.63) is 33.9 Å². The highest BCUT2D eigenvalue weighted by Gasteiger charge is 2.30. The molecule has 7 nitrogen and oxygen atoms in total. The molecule has 0 fully saturated rings. The summed E-state index contributed by atoms with van der Waals surface area (Å²) in [6.07, 6.45) is 0. The van der Waals surface area contributed by atoms with Crippen LogP contribution in [0, 0.1) is 21.7 Å². The molecule has 0 aliphatic carbocycles. The molecule has 0 amide bonds. The zero-order valence-corrected chi connectivity index (χ0v) is 11.4. The largest absolute Gasteiger partial charge is 0.394 e. The molecule has 0 aliphatic heterocycles. The number of rotatable bonds is 5. The minimum absolute atomic E-state index is 0.124. The van der Waals surface area contributed by atoms with E-state index in [9.17, 15) is 27.3 Å². The van der Waals surface area contributed by atoms with E-state index in [1.165, 1.54) is 13.8 Å². The lowest BCUT2D eigenvalue weighted by Gasteiger charge is -2.23. The number of sulfonamides is 1. The Labute approximate surface area is 113 Å². The molecule has 0 saturated heterocycles. The van der Waals surface area contributed by atoms with Crippen LogP contribution in [0.2, 0.25) is 0 Å². The van der Waals surface area contributed by atoms with Crippen molar-refractivity contribution in [2.45, 2.75) is 24.3 Å². The van der Waals surface area contributed by atoms with E-state index in [1.54, 1.807) is 0 Å². The first-order chi connectivity index (χ1) is 9.00. The Morgan fingerprint density at radius 3 is 2.35 bits per heavy atom. The van der Waals surface area contributed by atoms with Crippen molar-refractivity contribution in [2.75, 3.05) is 6.61 Å².